The van der Waals surface area contributed by atoms with Gasteiger partial charge in [0.05, 0.1) is 5.75 Å². The maximum absolute atomic E-state index is 12.1. The minimum Gasteiger partial charge on any atom is -0.352 e. The molecular formula is C17H17ClN6O2S2. The summed E-state index contributed by atoms with van der Waals surface area (Å²) >= 11 is 8.48. The van der Waals surface area contributed by atoms with Crippen molar-refractivity contribution in [1.82, 2.24) is 25.1 Å². The molecule has 3 rings (SSSR count). The molecule has 2 amide bonds. The van der Waals surface area contributed by atoms with E-state index in [9.17, 15) is 9.59 Å². The van der Waals surface area contributed by atoms with Gasteiger partial charge in [-0.05, 0) is 24.3 Å². The molecular weight excluding hydrogens is 420 g/mol. The van der Waals surface area contributed by atoms with Crippen LogP contribution in [0.3, 0.4) is 0 Å². The molecule has 2 aromatic heterocycles. The molecule has 0 radical (unpaired) electrons. The van der Waals surface area contributed by atoms with E-state index in [-0.39, 0.29) is 17.6 Å². The Morgan fingerprint density at radius 3 is 2.75 bits per heavy atom. The number of hydrogen-bond donors (Lipinski definition) is 2. The third-order valence-electron chi connectivity index (χ3n) is 3.68. The van der Waals surface area contributed by atoms with E-state index >= 15 is 0 Å². The fourth-order valence-corrected chi connectivity index (χ4v) is 3.65. The second-order valence-corrected chi connectivity index (χ2v) is 7.92. The van der Waals surface area contributed by atoms with Gasteiger partial charge < -0.3 is 15.2 Å². The number of hydrogen-bond acceptors (Lipinski definition) is 7. The van der Waals surface area contributed by atoms with Gasteiger partial charge in [-0.3, -0.25) is 9.59 Å². The van der Waals surface area contributed by atoms with Crippen LogP contribution in [0.15, 0.2) is 41.0 Å². The molecule has 0 spiro atoms. The van der Waals surface area contributed by atoms with Crippen molar-refractivity contribution in [2.45, 2.75) is 11.6 Å². The van der Waals surface area contributed by atoms with Crippen LogP contribution in [-0.4, -0.2) is 43.9 Å². The zero-order valence-electron chi connectivity index (χ0n) is 14.9. The van der Waals surface area contributed by atoms with Crippen molar-refractivity contribution in [3.63, 3.8) is 0 Å². The average Bonchev–Trinajstić information content (AvgIpc) is 3.31. The quantitative estimate of drug-likeness (QED) is 0.526. The van der Waals surface area contributed by atoms with Gasteiger partial charge in [0.1, 0.15) is 5.82 Å². The summed E-state index contributed by atoms with van der Waals surface area (Å²) in [5, 5.41) is 17.4. The first-order valence-electron chi connectivity index (χ1n) is 8.27. The second kappa shape index (κ2) is 9.67. The lowest BCUT2D eigenvalue weighted by atomic mass is 10.2. The smallest absolute Gasteiger partial charge is 0.251 e. The Morgan fingerprint density at radius 2 is 2.04 bits per heavy atom. The number of aromatic nitrogens is 4. The number of nitrogens with one attached hydrogen (secondary N) is 2. The highest BCUT2D eigenvalue weighted by molar-refractivity contribution is 7.99. The zero-order chi connectivity index (χ0) is 19.9. The van der Waals surface area contributed by atoms with E-state index in [1.165, 1.54) is 23.1 Å². The van der Waals surface area contributed by atoms with Crippen LogP contribution in [-0.2, 0) is 18.3 Å². The number of anilines is 1. The van der Waals surface area contributed by atoms with Crippen LogP contribution >= 0.6 is 34.7 Å². The second-order valence-electron chi connectivity index (χ2n) is 5.64. The van der Waals surface area contributed by atoms with Gasteiger partial charge in [-0.25, -0.2) is 4.98 Å². The number of nitrogens with zero attached hydrogens (tertiary/aromatic N) is 4. The van der Waals surface area contributed by atoms with Gasteiger partial charge in [0.15, 0.2) is 10.3 Å². The number of carbonyl (C=O) groups excluding carboxylic acids is 2. The molecule has 146 valence electrons. The molecule has 3 aromatic rings. The summed E-state index contributed by atoms with van der Waals surface area (Å²) in [5.41, 5.74) is 0.546. The topological polar surface area (TPSA) is 102 Å². The van der Waals surface area contributed by atoms with E-state index < -0.39 is 0 Å². The maximum atomic E-state index is 12.1. The lowest BCUT2D eigenvalue weighted by Crippen LogP contribution is -2.26. The first kappa shape index (κ1) is 20.3. The average molecular weight is 437 g/mol. The van der Waals surface area contributed by atoms with Crippen molar-refractivity contribution in [2.24, 2.45) is 7.05 Å². The van der Waals surface area contributed by atoms with Crippen molar-refractivity contribution in [2.75, 3.05) is 17.6 Å². The highest BCUT2D eigenvalue weighted by atomic mass is 35.5. The van der Waals surface area contributed by atoms with Crippen LogP contribution in [0.25, 0.3) is 0 Å². The number of thioether (sulfide) groups is 1. The van der Waals surface area contributed by atoms with Crippen LogP contribution in [0.2, 0.25) is 5.02 Å². The first-order valence-corrected chi connectivity index (χ1v) is 10.5. The molecule has 0 aliphatic heterocycles. The normalized spacial score (nSPS) is 10.6. The lowest BCUT2D eigenvalue weighted by molar-refractivity contribution is -0.113. The molecule has 11 heteroatoms. The third kappa shape index (κ3) is 5.54. The number of halogens is 1. The standard InChI is InChI=1S/C17H17ClN6O2S2/c1-24-13(6-7-19-15(26)11-2-4-12(18)5-3-11)22-23-17(24)28-10-14(25)21-16-20-8-9-27-16/h2-5,8-9H,6-7,10H2,1H3,(H,19,26)(H,20,21,25). The fourth-order valence-electron chi connectivity index (χ4n) is 2.25. The van der Waals surface area contributed by atoms with Crippen LogP contribution in [0.5, 0.6) is 0 Å². The van der Waals surface area contributed by atoms with Crippen molar-refractivity contribution >= 4 is 51.6 Å². The van der Waals surface area contributed by atoms with Gasteiger partial charge in [-0.2, -0.15) is 0 Å². The van der Waals surface area contributed by atoms with E-state index in [1.807, 2.05) is 11.6 Å². The van der Waals surface area contributed by atoms with Gasteiger partial charge >= 0.3 is 0 Å². The minimum absolute atomic E-state index is 0.153. The molecule has 0 fully saturated rings. The summed E-state index contributed by atoms with van der Waals surface area (Å²) in [5.74, 6) is 0.602. The number of carbonyl (C=O) groups is 2. The van der Waals surface area contributed by atoms with E-state index in [2.05, 4.69) is 25.8 Å². The van der Waals surface area contributed by atoms with E-state index in [0.29, 0.717) is 33.8 Å². The molecule has 0 saturated heterocycles. The predicted molar refractivity (Wildman–Crippen MR) is 110 cm³/mol. The van der Waals surface area contributed by atoms with Gasteiger partial charge in [-0.15, -0.1) is 21.5 Å². The van der Waals surface area contributed by atoms with Crippen molar-refractivity contribution < 1.29 is 9.59 Å². The maximum Gasteiger partial charge on any atom is 0.251 e. The van der Waals surface area contributed by atoms with Crippen molar-refractivity contribution in [1.29, 1.82) is 0 Å². The Labute approximate surface area is 174 Å². The molecule has 0 saturated carbocycles. The molecule has 1 aromatic carbocycles. The molecule has 28 heavy (non-hydrogen) atoms. The zero-order valence-corrected chi connectivity index (χ0v) is 17.3. The minimum atomic E-state index is -0.174. The molecule has 0 aliphatic carbocycles. The largest absolute Gasteiger partial charge is 0.352 e. The van der Waals surface area contributed by atoms with Crippen LogP contribution in [0, 0.1) is 0 Å². The Morgan fingerprint density at radius 1 is 1.25 bits per heavy atom. The number of thiazole rings is 1. The Balaban J connectivity index is 1.45. The third-order valence-corrected chi connectivity index (χ3v) is 5.64. The fraction of sp³-hybridized carbons (Fsp3) is 0.235. The molecule has 2 N–H and O–H groups in total. The summed E-state index contributed by atoms with van der Waals surface area (Å²) in [6.45, 7) is 0.419. The Hall–Kier alpha value is -2.43. The summed E-state index contributed by atoms with van der Waals surface area (Å²) in [6, 6.07) is 6.69. The molecule has 8 nitrogen and oxygen atoms in total. The highest BCUT2D eigenvalue weighted by Crippen LogP contribution is 2.17. The molecule has 0 atom stereocenters. The summed E-state index contributed by atoms with van der Waals surface area (Å²) < 4.78 is 1.82. The lowest BCUT2D eigenvalue weighted by Gasteiger charge is -2.06. The van der Waals surface area contributed by atoms with Crippen LogP contribution in [0.4, 0.5) is 5.13 Å². The molecule has 0 unspecified atom stereocenters. The summed E-state index contributed by atoms with van der Waals surface area (Å²) in [7, 11) is 1.83. The summed E-state index contributed by atoms with van der Waals surface area (Å²) in [4.78, 5) is 28.0. The monoisotopic (exact) mass is 436 g/mol. The van der Waals surface area contributed by atoms with Gasteiger partial charge in [0.25, 0.3) is 5.91 Å². The Kier molecular flexibility index (Phi) is 7.01. The SMILES string of the molecule is Cn1c(CCNC(=O)c2ccc(Cl)cc2)nnc1SCC(=O)Nc1nccs1. The van der Waals surface area contributed by atoms with Crippen molar-refractivity contribution in [3.8, 4) is 0 Å². The number of rotatable bonds is 8. The summed E-state index contributed by atoms with van der Waals surface area (Å²) in [6.07, 6.45) is 2.16. The van der Waals surface area contributed by atoms with Crippen molar-refractivity contribution in [3.05, 3.63) is 52.3 Å². The van der Waals surface area contributed by atoms with E-state index in [4.69, 9.17) is 11.6 Å². The first-order chi connectivity index (χ1) is 13.5. The van der Waals surface area contributed by atoms with Gasteiger partial charge in [0.2, 0.25) is 5.91 Å². The molecule has 2 heterocycles. The van der Waals surface area contributed by atoms with E-state index in [0.717, 1.165) is 5.82 Å². The van der Waals surface area contributed by atoms with Gasteiger partial charge in [-0.1, -0.05) is 23.4 Å². The predicted octanol–water partition coefficient (Wildman–Crippen LogP) is 2.63. The highest BCUT2D eigenvalue weighted by Gasteiger charge is 2.13. The molecule has 0 aliphatic rings. The van der Waals surface area contributed by atoms with E-state index in [1.54, 1.807) is 35.8 Å². The number of amides is 2. The molecule has 0 bridgehead atoms. The Bertz CT molecular complexity index is 943. The van der Waals surface area contributed by atoms with Gasteiger partial charge in [0, 0.05) is 42.2 Å². The number of benzene rings is 1. The van der Waals surface area contributed by atoms with Crippen LogP contribution < -0.4 is 10.6 Å². The van der Waals surface area contributed by atoms with Crippen LogP contribution in [0.1, 0.15) is 16.2 Å².